The Hall–Kier alpha value is -2.94. The van der Waals surface area contributed by atoms with E-state index in [1.165, 1.54) is 24.3 Å². The molecule has 4 rings (SSSR count). The second-order valence-corrected chi connectivity index (χ2v) is 9.65. The van der Waals surface area contributed by atoms with Crippen molar-refractivity contribution in [2.75, 3.05) is 0 Å². The Morgan fingerprint density at radius 3 is 2.08 bits per heavy atom. The zero-order chi connectivity index (χ0) is 25.8. The van der Waals surface area contributed by atoms with E-state index in [1.807, 2.05) is 0 Å². The summed E-state index contributed by atoms with van der Waals surface area (Å²) >= 11 is 0. The van der Waals surface area contributed by atoms with E-state index in [1.54, 1.807) is 0 Å². The van der Waals surface area contributed by atoms with Crippen molar-refractivity contribution >= 4 is 10.8 Å². The summed E-state index contributed by atoms with van der Waals surface area (Å²) in [5.74, 6) is -1.27. The fourth-order valence-electron chi connectivity index (χ4n) is 5.04. The van der Waals surface area contributed by atoms with Crippen LogP contribution in [0.25, 0.3) is 10.8 Å². The van der Waals surface area contributed by atoms with Gasteiger partial charge in [0.1, 0.15) is 17.5 Å². The predicted molar refractivity (Wildman–Crippen MR) is 130 cm³/mol. The third kappa shape index (κ3) is 5.72. The van der Waals surface area contributed by atoms with Crippen LogP contribution < -0.4 is 0 Å². The third-order valence-corrected chi connectivity index (χ3v) is 7.07. The second kappa shape index (κ2) is 11.4. The Labute approximate surface area is 207 Å². The largest absolute Gasteiger partial charge is 0.206 e. The Morgan fingerprint density at radius 2 is 1.42 bits per heavy atom. The van der Waals surface area contributed by atoms with Gasteiger partial charge in [0.05, 0.1) is 10.9 Å². The van der Waals surface area contributed by atoms with Crippen molar-refractivity contribution in [3.63, 3.8) is 0 Å². The van der Waals surface area contributed by atoms with E-state index in [4.69, 9.17) is 0 Å². The standard InChI is InChI=1S/C30H28F6/c1-2-3-4-5-6-19-13-24(31)23(25(32)14-19)12-9-18-7-10-20(11-8-18)21-15-22-17-27(34)29(35)30(36)28(22)26(33)16-21/h13-18,20H,2-8,10-11H2,1H3. The highest BCUT2D eigenvalue weighted by Gasteiger charge is 2.24. The Morgan fingerprint density at radius 1 is 0.722 bits per heavy atom. The fourth-order valence-corrected chi connectivity index (χ4v) is 5.04. The van der Waals surface area contributed by atoms with Gasteiger partial charge in [0.25, 0.3) is 0 Å². The van der Waals surface area contributed by atoms with Crippen LogP contribution >= 0.6 is 0 Å². The lowest BCUT2D eigenvalue weighted by Gasteiger charge is -2.26. The lowest BCUT2D eigenvalue weighted by molar-refractivity contribution is 0.384. The molecule has 1 saturated carbocycles. The van der Waals surface area contributed by atoms with Gasteiger partial charge in [-0.1, -0.05) is 44.1 Å². The lowest BCUT2D eigenvalue weighted by atomic mass is 9.78. The maximum absolute atomic E-state index is 14.5. The molecule has 3 aromatic rings. The highest BCUT2D eigenvalue weighted by Crippen LogP contribution is 2.38. The van der Waals surface area contributed by atoms with Crippen LogP contribution in [0.4, 0.5) is 26.3 Å². The second-order valence-electron chi connectivity index (χ2n) is 9.65. The van der Waals surface area contributed by atoms with Gasteiger partial charge >= 0.3 is 0 Å². The first-order valence-electron chi connectivity index (χ1n) is 12.5. The number of rotatable bonds is 6. The molecule has 6 heteroatoms. The number of hydrogen-bond acceptors (Lipinski definition) is 0. The van der Waals surface area contributed by atoms with E-state index in [0.717, 1.165) is 31.7 Å². The number of halogens is 6. The highest BCUT2D eigenvalue weighted by molar-refractivity contribution is 5.84. The van der Waals surface area contributed by atoms with E-state index in [-0.39, 0.29) is 22.8 Å². The van der Waals surface area contributed by atoms with Crippen LogP contribution in [0.3, 0.4) is 0 Å². The normalized spacial score (nSPS) is 17.8. The van der Waals surface area contributed by atoms with Crippen molar-refractivity contribution in [3.05, 3.63) is 81.9 Å². The van der Waals surface area contributed by atoms with Gasteiger partial charge < -0.3 is 0 Å². The van der Waals surface area contributed by atoms with Crippen molar-refractivity contribution in [3.8, 4) is 11.8 Å². The smallest absolute Gasteiger partial charge is 0.195 e. The van der Waals surface area contributed by atoms with Gasteiger partial charge in [-0.2, -0.15) is 0 Å². The molecule has 0 atom stereocenters. The Kier molecular flexibility index (Phi) is 8.28. The van der Waals surface area contributed by atoms with E-state index in [0.29, 0.717) is 43.2 Å². The van der Waals surface area contributed by atoms with E-state index < -0.39 is 40.3 Å². The monoisotopic (exact) mass is 502 g/mol. The van der Waals surface area contributed by atoms with Crippen molar-refractivity contribution in [2.24, 2.45) is 5.92 Å². The molecule has 0 unspecified atom stereocenters. The first kappa shape index (κ1) is 26.1. The molecule has 0 amide bonds. The molecular formula is C30H28F6. The average Bonchev–Trinajstić information content (AvgIpc) is 2.85. The van der Waals surface area contributed by atoms with Crippen LogP contribution in [0.2, 0.25) is 0 Å². The molecular weight excluding hydrogens is 474 g/mol. The molecule has 1 aliphatic rings. The topological polar surface area (TPSA) is 0 Å². The van der Waals surface area contributed by atoms with Crippen molar-refractivity contribution in [2.45, 2.75) is 70.6 Å². The van der Waals surface area contributed by atoms with Crippen LogP contribution in [-0.2, 0) is 6.42 Å². The van der Waals surface area contributed by atoms with Crippen molar-refractivity contribution < 1.29 is 26.3 Å². The predicted octanol–water partition coefficient (Wildman–Crippen LogP) is 9.12. The van der Waals surface area contributed by atoms with Gasteiger partial charge in [0.15, 0.2) is 17.5 Å². The van der Waals surface area contributed by atoms with E-state index in [2.05, 4.69) is 18.8 Å². The quantitative estimate of drug-likeness (QED) is 0.136. The molecule has 0 spiro atoms. The molecule has 36 heavy (non-hydrogen) atoms. The minimum Gasteiger partial charge on any atom is -0.206 e. The maximum atomic E-state index is 14.5. The van der Waals surface area contributed by atoms with Crippen LogP contribution in [0.1, 0.15) is 80.9 Å². The van der Waals surface area contributed by atoms with E-state index >= 15 is 0 Å². The summed E-state index contributed by atoms with van der Waals surface area (Å²) in [7, 11) is 0. The van der Waals surface area contributed by atoms with Crippen LogP contribution in [0, 0.1) is 52.7 Å². The summed E-state index contributed by atoms with van der Waals surface area (Å²) in [5, 5.41) is -0.587. The number of benzene rings is 3. The SMILES string of the molecule is CCCCCCc1cc(F)c(C#CC2CCC(c3cc(F)c4c(F)c(F)c(F)cc4c3)CC2)c(F)c1. The molecule has 3 aromatic carbocycles. The van der Waals surface area contributed by atoms with Gasteiger partial charge in [-0.15, -0.1) is 0 Å². The minimum atomic E-state index is -1.69. The van der Waals surface area contributed by atoms with Gasteiger partial charge in [-0.3, -0.25) is 0 Å². The molecule has 0 heterocycles. The van der Waals surface area contributed by atoms with Crippen molar-refractivity contribution in [1.29, 1.82) is 0 Å². The molecule has 0 radical (unpaired) electrons. The average molecular weight is 503 g/mol. The zero-order valence-electron chi connectivity index (χ0n) is 20.2. The zero-order valence-corrected chi connectivity index (χ0v) is 20.2. The van der Waals surface area contributed by atoms with Gasteiger partial charge in [0, 0.05) is 5.92 Å². The molecule has 0 aromatic heterocycles. The summed E-state index contributed by atoms with van der Waals surface area (Å²) in [5.41, 5.74) is 1.00. The first-order chi connectivity index (χ1) is 17.3. The van der Waals surface area contributed by atoms with Crippen LogP contribution in [-0.4, -0.2) is 0 Å². The van der Waals surface area contributed by atoms with E-state index in [9.17, 15) is 26.3 Å². The van der Waals surface area contributed by atoms with Gasteiger partial charge in [-0.05, 0) is 85.2 Å². The Bertz CT molecular complexity index is 1290. The number of hydrogen-bond donors (Lipinski definition) is 0. The van der Waals surface area contributed by atoms with Gasteiger partial charge in [0.2, 0.25) is 0 Å². The molecule has 1 fully saturated rings. The van der Waals surface area contributed by atoms with Crippen LogP contribution in [0.15, 0.2) is 30.3 Å². The van der Waals surface area contributed by atoms with Gasteiger partial charge in [-0.25, -0.2) is 26.3 Å². The molecule has 190 valence electrons. The molecule has 0 bridgehead atoms. The summed E-state index contributed by atoms with van der Waals surface area (Å²) in [6, 6.07) is 6.20. The summed E-state index contributed by atoms with van der Waals surface area (Å²) in [6.45, 7) is 2.11. The molecule has 1 aliphatic carbocycles. The first-order valence-corrected chi connectivity index (χ1v) is 12.5. The molecule has 0 saturated heterocycles. The maximum Gasteiger partial charge on any atom is 0.195 e. The van der Waals surface area contributed by atoms with Crippen molar-refractivity contribution in [1.82, 2.24) is 0 Å². The summed E-state index contributed by atoms with van der Waals surface area (Å²) < 4.78 is 84.7. The number of fused-ring (bicyclic) bond motifs is 1. The number of unbranched alkanes of at least 4 members (excludes halogenated alkanes) is 3. The highest BCUT2D eigenvalue weighted by atomic mass is 19.2. The summed E-state index contributed by atoms with van der Waals surface area (Å²) in [6.07, 6.45) is 7.31. The minimum absolute atomic E-state index is 0.0249. The third-order valence-electron chi connectivity index (χ3n) is 7.07. The molecule has 0 aliphatic heterocycles. The van der Waals surface area contributed by atoms with Crippen LogP contribution in [0.5, 0.6) is 0 Å². The summed E-state index contributed by atoms with van der Waals surface area (Å²) in [4.78, 5) is 0. The Balaban J connectivity index is 1.42. The number of aryl methyl sites for hydroxylation is 1. The fraction of sp³-hybridized carbons (Fsp3) is 0.400. The molecule has 0 nitrogen and oxygen atoms in total. The lowest BCUT2D eigenvalue weighted by Crippen LogP contribution is -2.12. The molecule has 0 N–H and O–H groups in total.